The maximum absolute atomic E-state index is 3.67. The summed E-state index contributed by atoms with van der Waals surface area (Å²) in [5.74, 6) is 0. The molecule has 0 saturated heterocycles. The van der Waals surface area contributed by atoms with Crippen molar-refractivity contribution in [2.75, 3.05) is 0 Å². The molecule has 0 saturated carbocycles. The van der Waals surface area contributed by atoms with Crippen LogP contribution in [0.15, 0.2) is 48.5 Å². The summed E-state index contributed by atoms with van der Waals surface area (Å²) in [7, 11) is 0. The first-order valence-corrected chi connectivity index (χ1v) is 6.96. The highest BCUT2D eigenvalue weighted by molar-refractivity contribution is 5.29. The van der Waals surface area contributed by atoms with Crippen LogP contribution in [0.2, 0.25) is 0 Å². The molecule has 0 heterocycles. The van der Waals surface area contributed by atoms with Crippen molar-refractivity contribution < 1.29 is 0 Å². The molecule has 1 N–H and O–H groups in total. The molecule has 0 radical (unpaired) electrons. The second-order valence-electron chi connectivity index (χ2n) is 5.38. The normalized spacial score (nSPS) is 14.1. The topological polar surface area (TPSA) is 12.0 Å². The van der Waals surface area contributed by atoms with Gasteiger partial charge in [-0.25, -0.2) is 0 Å². The van der Waals surface area contributed by atoms with Gasteiger partial charge in [0.25, 0.3) is 0 Å². The Bertz CT molecular complexity index is 528. The molecule has 100 valence electrons. The highest BCUT2D eigenvalue weighted by atomic mass is 14.9. The van der Waals surface area contributed by atoms with E-state index in [4.69, 9.17) is 0 Å². The third-order valence-corrected chi connectivity index (χ3v) is 3.73. The van der Waals surface area contributed by atoms with Gasteiger partial charge in [0.1, 0.15) is 0 Å². The van der Waals surface area contributed by atoms with Crippen molar-refractivity contribution in [1.82, 2.24) is 5.32 Å². The molecule has 0 amide bonds. The van der Waals surface area contributed by atoms with Gasteiger partial charge in [-0.05, 0) is 44.4 Å². The zero-order valence-electron chi connectivity index (χ0n) is 12.3. The van der Waals surface area contributed by atoms with Crippen molar-refractivity contribution in [3.8, 4) is 0 Å². The quantitative estimate of drug-likeness (QED) is 0.831. The predicted octanol–water partition coefficient (Wildman–Crippen LogP) is 4.72. The summed E-state index contributed by atoms with van der Waals surface area (Å²) >= 11 is 0. The van der Waals surface area contributed by atoms with Crippen molar-refractivity contribution in [2.45, 2.75) is 39.8 Å². The molecule has 0 aliphatic heterocycles. The summed E-state index contributed by atoms with van der Waals surface area (Å²) in [5, 5.41) is 3.67. The van der Waals surface area contributed by atoms with Gasteiger partial charge in [-0.15, -0.1) is 0 Å². The van der Waals surface area contributed by atoms with Gasteiger partial charge in [0.2, 0.25) is 0 Å². The highest BCUT2D eigenvalue weighted by Gasteiger charge is 2.12. The molecule has 0 fully saturated rings. The van der Waals surface area contributed by atoms with Gasteiger partial charge in [0, 0.05) is 12.1 Å². The highest BCUT2D eigenvalue weighted by Crippen LogP contribution is 2.21. The average molecular weight is 253 g/mol. The Hall–Kier alpha value is -1.60. The van der Waals surface area contributed by atoms with Crippen molar-refractivity contribution >= 4 is 0 Å². The van der Waals surface area contributed by atoms with Crippen LogP contribution in [0.4, 0.5) is 0 Å². The molecule has 2 aromatic rings. The molecule has 0 spiro atoms. The largest absolute Gasteiger partial charge is 0.304 e. The van der Waals surface area contributed by atoms with Crippen molar-refractivity contribution in [3.05, 3.63) is 70.8 Å². The SMILES string of the molecule is Cc1ccc(C(C)NC(C)c2ccccc2C)cc1. The van der Waals surface area contributed by atoms with E-state index in [1.807, 2.05) is 0 Å². The molecule has 2 aromatic carbocycles. The maximum atomic E-state index is 3.67. The molecule has 2 atom stereocenters. The van der Waals surface area contributed by atoms with Crippen molar-refractivity contribution in [2.24, 2.45) is 0 Å². The van der Waals surface area contributed by atoms with Gasteiger partial charge in [-0.3, -0.25) is 0 Å². The number of aryl methyl sites for hydroxylation is 2. The van der Waals surface area contributed by atoms with Crippen LogP contribution < -0.4 is 5.32 Å². The van der Waals surface area contributed by atoms with E-state index in [0.717, 1.165) is 0 Å². The summed E-state index contributed by atoms with van der Waals surface area (Å²) in [4.78, 5) is 0. The lowest BCUT2D eigenvalue weighted by atomic mass is 10.0. The number of hydrogen-bond donors (Lipinski definition) is 1. The van der Waals surface area contributed by atoms with Crippen LogP contribution in [0.25, 0.3) is 0 Å². The van der Waals surface area contributed by atoms with Gasteiger partial charge < -0.3 is 5.32 Å². The fourth-order valence-electron chi connectivity index (χ4n) is 2.49. The molecule has 2 rings (SSSR count). The molecule has 0 aliphatic rings. The molecular weight excluding hydrogens is 230 g/mol. The Kier molecular flexibility index (Phi) is 4.39. The standard InChI is InChI=1S/C18H23N/c1-13-9-11-17(12-10-13)15(3)19-16(4)18-8-6-5-7-14(18)2/h5-12,15-16,19H,1-4H3. The first-order valence-electron chi connectivity index (χ1n) is 6.96. The van der Waals surface area contributed by atoms with Gasteiger partial charge in [0.15, 0.2) is 0 Å². The zero-order valence-corrected chi connectivity index (χ0v) is 12.3. The van der Waals surface area contributed by atoms with E-state index < -0.39 is 0 Å². The first-order chi connectivity index (χ1) is 9.08. The van der Waals surface area contributed by atoms with Gasteiger partial charge in [-0.1, -0.05) is 54.1 Å². The number of rotatable bonds is 4. The molecule has 0 aromatic heterocycles. The predicted molar refractivity (Wildman–Crippen MR) is 82.3 cm³/mol. The fraction of sp³-hybridized carbons (Fsp3) is 0.333. The van der Waals surface area contributed by atoms with E-state index in [9.17, 15) is 0 Å². The van der Waals surface area contributed by atoms with Crippen LogP contribution >= 0.6 is 0 Å². The molecule has 0 aliphatic carbocycles. The van der Waals surface area contributed by atoms with Crippen LogP contribution in [-0.4, -0.2) is 0 Å². The first kappa shape index (κ1) is 13.8. The lowest BCUT2D eigenvalue weighted by Crippen LogP contribution is -2.23. The molecule has 1 nitrogen and oxygen atoms in total. The Morgan fingerprint density at radius 3 is 2.05 bits per heavy atom. The lowest BCUT2D eigenvalue weighted by molar-refractivity contribution is 0.493. The minimum atomic E-state index is 0.357. The molecule has 1 heteroatoms. The summed E-state index contributed by atoms with van der Waals surface area (Å²) in [5.41, 5.74) is 5.37. The zero-order chi connectivity index (χ0) is 13.8. The van der Waals surface area contributed by atoms with Crippen LogP contribution in [-0.2, 0) is 0 Å². The minimum absolute atomic E-state index is 0.357. The van der Waals surface area contributed by atoms with E-state index in [1.54, 1.807) is 0 Å². The lowest BCUT2D eigenvalue weighted by Gasteiger charge is -2.22. The maximum Gasteiger partial charge on any atom is 0.0300 e. The van der Waals surface area contributed by atoms with Crippen LogP contribution in [0.1, 0.15) is 48.2 Å². The molecular formula is C18H23N. The minimum Gasteiger partial charge on any atom is -0.304 e. The number of benzene rings is 2. The summed E-state index contributed by atoms with van der Waals surface area (Å²) in [6.07, 6.45) is 0. The van der Waals surface area contributed by atoms with E-state index in [1.165, 1.54) is 22.3 Å². The van der Waals surface area contributed by atoms with Crippen LogP contribution in [0.3, 0.4) is 0 Å². The third-order valence-electron chi connectivity index (χ3n) is 3.73. The Morgan fingerprint density at radius 1 is 0.789 bits per heavy atom. The molecule has 19 heavy (non-hydrogen) atoms. The molecule has 2 unspecified atom stereocenters. The van der Waals surface area contributed by atoms with E-state index in [2.05, 4.69) is 81.5 Å². The second-order valence-corrected chi connectivity index (χ2v) is 5.38. The van der Waals surface area contributed by atoms with Crippen LogP contribution in [0, 0.1) is 13.8 Å². The summed E-state index contributed by atoms with van der Waals surface area (Å²) in [6.45, 7) is 8.74. The number of nitrogens with one attached hydrogen (secondary N) is 1. The molecule has 0 bridgehead atoms. The van der Waals surface area contributed by atoms with E-state index in [0.29, 0.717) is 12.1 Å². The fourth-order valence-corrected chi connectivity index (χ4v) is 2.49. The van der Waals surface area contributed by atoms with Crippen molar-refractivity contribution in [3.63, 3.8) is 0 Å². The van der Waals surface area contributed by atoms with Crippen LogP contribution in [0.5, 0.6) is 0 Å². The van der Waals surface area contributed by atoms with E-state index >= 15 is 0 Å². The number of hydrogen-bond acceptors (Lipinski definition) is 1. The Morgan fingerprint density at radius 2 is 1.42 bits per heavy atom. The van der Waals surface area contributed by atoms with Gasteiger partial charge in [0.05, 0.1) is 0 Å². The summed E-state index contributed by atoms with van der Waals surface area (Å²) in [6, 6.07) is 18.0. The second kappa shape index (κ2) is 6.03. The Balaban J connectivity index is 2.08. The van der Waals surface area contributed by atoms with Gasteiger partial charge >= 0.3 is 0 Å². The monoisotopic (exact) mass is 253 g/mol. The smallest absolute Gasteiger partial charge is 0.0300 e. The summed E-state index contributed by atoms with van der Waals surface area (Å²) < 4.78 is 0. The van der Waals surface area contributed by atoms with Gasteiger partial charge in [-0.2, -0.15) is 0 Å². The third kappa shape index (κ3) is 3.45. The Labute approximate surface area is 116 Å². The average Bonchev–Trinajstić information content (AvgIpc) is 2.39. The van der Waals surface area contributed by atoms with Crippen molar-refractivity contribution in [1.29, 1.82) is 0 Å². The van der Waals surface area contributed by atoms with E-state index in [-0.39, 0.29) is 0 Å².